The second-order valence-corrected chi connectivity index (χ2v) is 5.58. The molecule has 4 nitrogen and oxygen atoms in total. The van der Waals surface area contributed by atoms with E-state index in [1.807, 2.05) is 0 Å². The first-order chi connectivity index (χ1) is 7.80. The molecule has 5 heteroatoms. The number of hydrazine groups is 1. The zero-order valence-electron chi connectivity index (χ0n) is 10.0. The lowest BCUT2D eigenvalue weighted by molar-refractivity contribution is -0.129. The Kier molecular flexibility index (Phi) is 4.28. The molecule has 0 saturated heterocycles. The second-order valence-electron chi connectivity index (χ2n) is 4.67. The minimum Gasteiger partial charge on any atom is -0.273 e. The summed E-state index contributed by atoms with van der Waals surface area (Å²) in [6, 6.07) is 6.87. The molecule has 1 rings (SSSR count). The van der Waals surface area contributed by atoms with Crippen molar-refractivity contribution in [2.75, 3.05) is 0 Å². The van der Waals surface area contributed by atoms with Crippen molar-refractivity contribution in [1.29, 1.82) is 0 Å². The summed E-state index contributed by atoms with van der Waals surface area (Å²) in [6.07, 6.45) is 0. The van der Waals surface area contributed by atoms with Crippen molar-refractivity contribution in [3.8, 4) is 0 Å². The maximum Gasteiger partial charge on any atom is 0.269 e. The highest BCUT2D eigenvalue weighted by Gasteiger charge is 2.21. The van der Waals surface area contributed by atoms with Crippen molar-refractivity contribution >= 4 is 27.7 Å². The van der Waals surface area contributed by atoms with Crippen molar-refractivity contribution in [1.82, 2.24) is 10.9 Å². The van der Waals surface area contributed by atoms with Crippen LogP contribution in [0.2, 0.25) is 0 Å². The maximum atomic E-state index is 11.6. The fourth-order valence-corrected chi connectivity index (χ4v) is 1.24. The fraction of sp³-hybridized carbons (Fsp3) is 0.333. The van der Waals surface area contributed by atoms with E-state index < -0.39 is 5.41 Å². The van der Waals surface area contributed by atoms with Gasteiger partial charge in [-0.25, -0.2) is 0 Å². The Morgan fingerprint density at radius 2 is 1.59 bits per heavy atom. The predicted molar refractivity (Wildman–Crippen MR) is 69.2 cm³/mol. The summed E-state index contributed by atoms with van der Waals surface area (Å²) in [6.45, 7) is 5.32. The molecule has 0 heterocycles. The Balaban J connectivity index is 2.56. The molecule has 2 N–H and O–H groups in total. The Morgan fingerprint density at radius 1 is 1.06 bits per heavy atom. The number of amides is 2. The molecule has 0 aliphatic rings. The van der Waals surface area contributed by atoms with E-state index in [9.17, 15) is 9.59 Å². The van der Waals surface area contributed by atoms with Crippen molar-refractivity contribution in [2.24, 2.45) is 5.41 Å². The van der Waals surface area contributed by atoms with Crippen molar-refractivity contribution in [2.45, 2.75) is 20.8 Å². The summed E-state index contributed by atoms with van der Waals surface area (Å²) < 4.78 is 0.896. The van der Waals surface area contributed by atoms with Gasteiger partial charge in [0, 0.05) is 15.5 Å². The molecule has 0 saturated carbocycles. The lowest BCUT2D eigenvalue weighted by Gasteiger charge is -2.17. The summed E-state index contributed by atoms with van der Waals surface area (Å²) in [7, 11) is 0. The van der Waals surface area contributed by atoms with Crippen molar-refractivity contribution in [3.05, 3.63) is 34.3 Å². The molecule has 0 bridgehead atoms. The highest BCUT2D eigenvalue weighted by molar-refractivity contribution is 9.10. The van der Waals surface area contributed by atoms with Gasteiger partial charge in [-0.05, 0) is 24.3 Å². The molecule has 0 fully saturated rings. The van der Waals surface area contributed by atoms with E-state index >= 15 is 0 Å². The van der Waals surface area contributed by atoms with Gasteiger partial charge in [-0.15, -0.1) is 0 Å². The zero-order valence-corrected chi connectivity index (χ0v) is 11.6. The standard InChI is InChI=1S/C12H15BrN2O2/c1-12(2,3)11(17)15-14-10(16)8-4-6-9(13)7-5-8/h4-7H,1-3H3,(H,14,16)(H,15,17). The van der Waals surface area contributed by atoms with Crippen LogP contribution < -0.4 is 10.9 Å². The summed E-state index contributed by atoms with van der Waals surface area (Å²) in [5.74, 6) is -0.571. The van der Waals surface area contributed by atoms with Crippen LogP contribution >= 0.6 is 15.9 Å². The van der Waals surface area contributed by atoms with Crippen LogP contribution in [0.3, 0.4) is 0 Å². The topological polar surface area (TPSA) is 58.2 Å². The lowest BCUT2D eigenvalue weighted by Crippen LogP contribution is -2.46. The van der Waals surface area contributed by atoms with Gasteiger partial charge in [0.25, 0.3) is 5.91 Å². The molecule has 0 spiro atoms. The molecule has 0 atom stereocenters. The lowest BCUT2D eigenvalue weighted by atomic mass is 9.96. The summed E-state index contributed by atoms with van der Waals surface area (Å²) in [4.78, 5) is 23.2. The predicted octanol–water partition coefficient (Wildman–Crippen LogP) is 2.26. The van der Waals surface area contributed by atoms with Gasteiger partial charge in [0.1, 0.15) is 0 Å². The Morgan fingerprint density at radius 3 is 2.06 bits per heavy atom. The SMILES string of the molecule is CC(C)(C)C(=O)NNC(=O)c1ccc(Br)cc1. The van der Waals surface area contributed by atoms with E-state index in [0.717, 1.165) is 4.47 Å². The highest BCUT2D eigenvalue weighted by atomic mass is 79.9. The smallest absolute Gasteiger partial charge is 0.269 e. The molecule has 2 amide bonds. The molecule has 92 valence electrons. The first-order valence-electron chi connectivity index (χ1n) is 5.17. The number of carbonyl (C=O) groups is 2. The van der Waals surface area contributed by atoms with Gasteiger partial charge in [-0.2, -0.15) is 0 Å². The average molecular weight is 299 g/mol. The van der Waals surface area contributed by atoms with Gasteiger partial charge < -0.3 is 0 Å². The third-order valence-corrected chi connectivity index (χ3v) is 2.61. The van der Waals surface area contributed by atoms with Gasteiger partial charge in [0.15, 0.2) is 0 Å². The fourth-order valence-electron chi connectivity index (χ4n) is 0.974. The van der Waals surface area contributed by atoms with Crippen LogP contribution in [-0.4, -0.2) is 11.8 Å². The quantitative estimate of drug-likeness (QED) is 0.781. The summed E-state index contributed by atoms with van der Waals surface area (Å²) in [5.41, 5.74) is 4.71. The van der Waals surface area contributed by atoms with E-state index in [-0.39, 0.29) is 11.8 Å². The van der Waals surface area contributed by atoms with Gasteiger partial charge in [-0.3, -0.25) is 20.4 Å². The second kappa shape index (κ2) is 5.31. The van der Waals surface area contributed by atoms with Crippen LogP contribution in [0, 0.1) is 5.41 Å². The Labute approximate surface area is 109 Å². The average Bonchev–Trinajstić information content (AvgIpc) is 2.25. The molecular weight excluding hydrogens is 284 g/mol. The Bertz CT molecular complexity index is 421. The van der Waals surface area contributed by atoms with Gasteiger partial charge in [0.2, 0.25) is 5.91 Å². The molecule has 0 unspecified atom stereocenters. The summed E-state index contributed by atoms with van der Waals surface area (Å²) in [5, 5.41) is 0. The van der Waals surface area contributed by atoms with Crippen LogP contribution in [0.25, 0.3) is 0 Å². The monoisotopic (exact) mass is 298 g/mol. The largest absolute Gasteiger partial charge is 0.273 e. The molecule has 1 aromatic rings. The zero-order chi connectivity index (χ0) is 13.1. The molecule has 0 aliphatic heterocycles. The highest BCUT2D eigenvalue weighted by Crippen LogP contribution is 2.12. The number of benzene rings is 1. The number of nitrogens with one attached hydrogen (secondary N) is 2. The van der Waals surface area contributed by atoms with E-state index in [1.54, 1.807) is 45.0 Å². The normalized spacial score (nSPS) is 10.8. The minimum atomic E-state index is -0.535. The van der Waals surface area contributed by atoms with E-state index in [2.05, 4.69) is 26.8 Å². The summed E-state index contributed by atoms with van der Waals surface area (Å²) >= 11 is 3.28. The van der Waals surface area contributed by atoms with Gasteiger partial charge >= 0.3 is 0 Å². The number of hydrogen-bond donors (Lipinski definition) is 2. The van der Waals surface area contributed by atoms with Crippen LogP contribution in [0.15, 0.2) is 28.7 Å². The van der Waals surface area contributed by atoms with E-state index in [4.69, 9.17) is 0 Å². The third-order valence-electron chi connectivity index (χ3n) is 2.08. The number of rotatable bonds is 1. The van der Waals surface area contributed by atoms with Crippen LogP contribution in [0.4, 0.5) is 0 Å². The molecule has 0 radical (unpaired) electrons. The number of hydrogen-bond acceptors (Lipinski definition) is 2. The van der Waals surface area contributed by atoms with Crippen LogP contribution in [0.1, 0.15) is 31.1 Å². The first-order valence-corrected chi connectivity index (χ1v) is 5.96. The minimum absolute atomic E-state index is 0.233. The molecule has 0 aliphatic carbocycles. The maximum absolute atomic E-state index is 11.6. The molecule has 0 aromatic heterocycles. The number of carbonyl (C=O) groups excluding carboxylic acids is 2. The number of halogens is 1. The van der Waals surface area contributed by atoms with Gasteiger partial charge in [-0.1, -0.05) is 36.7 Å². The molecule has 17 heavy (non-hydrogen) atoms. The van der Waals surface area contributed by atoms with E-state index in [1.165, 1.54) is 0 Å². The Hall–Kier alpha value is -1.36. The first kappa shape index (κ1) is 13.7. The third kappa shape index (κ3) is 4.19. The van der Waals surface area contributed by atoms with Crippen LogP contribution in [-0.2, 0) is 4.79 Å². The van der Waals surface area contributed by atoms with Crippen molar-refractivity contribution in [3.63, 3.8) is 0 Å². The molecule has 1 aromatic carbocycles. The van der Waals surface area contributed by atoms with Gasteiger partial charge in [0.05, 0.1) is 0 Å². The van der Waals surface area contributed by atoms with Crippen molar-refractivity contribution < 1.29 is 9.59 Å². The molecular formula is C12H15BrN2O2. The van der Waals surface area contributed by atoms with Crippen LogP contribution in [0.5, 0.6) is 0 Å². The van der Waals surface area contributed by atoms with E-state index in [0.29, 0.717) is 5.56 Å².